The molecule has 0 spiro atoms. The first-order valence-electron chi connectivity index (χ1n) is 9.21. The van der Waals surface area contributed by atoms with Crippen LogP contribution in [0.25, 0.3) is 27.5 Å². The molecule has 4 rings (SSSR count). The van der Waals surface area contributed by atoms with Crippen LogP contribution in [0.15, 0.2) is 49.2 Å². The summed E-state index contributed by atoms with van der Waals surface area (Å²) in [6.45, 7) is 9.01. The maximum Gasteiger partial charge on any atom is 0.147 e. The van der Waals surface area contributed by atoms with Crippen LogP contribution in [0.1, 0.15) is 22.4 Å². The number of para-hydroxylation sites is 1. The van der Waals surface area contributed by atoms with Gasteiger partial charge in [-0.05, 0) is 43.5 Å². The molecule has 0 unspecified atom stereocenters. The van der Waals surface area contributed by atoms with Gasteiger partial charge in [-0.15, -0.1) is 0 Å². The third-order valence-electron chi connectivity index (χ3n) is 5.37. The van der Waals surface area contributed by atoms with Crippen molar-refractivity contribution in [3.05, 3.63) is 77.4 Å². The number of nitrogens with zero attached hydrogens (tertiary/aromatic N) is 1. The molecule has 2 aromatic carbocycles. The second-order valence-corrected chi connectivity index (χ2v) is 7.17. The quantitative estimate of drug-likeness (QED) is 0.502. The Bertz CT molecular complexity index is 1160. The summed E-state index contributed by atoms with van der Waals surface area (Å²) in [6.07, 6.45) is 2.91. The largest absolute Gasteiger partial charge is 0.385 e. The summed E-state index contributed by atoms with van der Waals surface area (Å²) in [5, 5.41) is 5.65. The average Bonchev–Trinajstić information content (AvgIpc) is 3.17. The molecule has 2 aromatic heterocycles. The van der Waals surface area contributed by atoms with Gasteiger partial charge >= 0.3 is 0 Å². The van der Waals surface area contributed by atoms with Crippen LogP contribution in [-0.2, 0) is 13.5 Å². The van der Waals surface area contributed by atoms with Gasteiger partial charge in [0.05, 0.1) is 5.52 Å². The Labute approximate surface area is 158 Å². The summed E-state index contributed by atoms with van der Waals surface area (Å²) in [7, 11) is 2.05. The molecule has 0 bridgehead atoms. The first kappa shape index (κ1) is 17.4. The van der Waals surface area contributed by atoms with Crippen LogP contribution in [0.4, 0.5) is 4.39 Å². The predicted molar refractivity (Wildman–Crippen MR) is 111 cm³/mol. The fraction of sp³-hybridized carbons (Fsp3) is 0.217. The van der Waals surface area contributed by atoms with Gasteiger partial charge < -0.3 is 14.9 Å². The number of aromatic amines is 1. The first-order chi connectivity index (χ1) is 13.0. The molecule has 0 aliphatic heterocycles. The molecule has 0 amide bonds. The van der Waals surface area contributed by atoms with Crippen LogP contribution in [-0.4, -0.2) is 16.1 Å². The molecule has 0 fully saturated rings. The van der Waals surface area contributed by atoms with Gasteiger partial charge in [0.2, 0.25) is 0 Å². The molecule has 4 aromatic rings. The van der Waals surface area contributed by atoms with Crippen molar-refractivity contribution >= 4 is 27.5 Å². The number of fused-ring (bicyclic) bond motifs is 2. The summed E-state index contributed by atoms with van der Waals surface area (Å²) < 4.78 is 16.2. The van der Waals surface area contributed by atoms with E-state index >= 15 is 0 Å². The van der Waals surface area contributed by atoms with Gasteiger partial charge in [-0.3, -0.25) is 0 Å². The number of halogens is 1. The zero-order valence-corrected chi connectivity index (χ0v) is 16.0. The number of H-pyrrole nitrogens is 1. The molecule has 0 radical (unpaired) electrons. The molecule has 27 heavy (non-hydrogen) atoms. The zero-order chi connectivity index (χ0) is 19.1. The third kappa shape index (κ3) is 2.91. The number of aryl methyl sites for hydroxylation is 3. The molecule has 2 N–H and O–H groups in total. The lowest BCUT2D eigenvalue weighted by atomic mass is 10.0. The number of hydrogen-bond donors (Lipinski definition) is 2. The maximum absolute atomic E-state index is 14.1. The molecule has 3 nitrogen and oxygen atoms in total. The Kier molecular flexibility index (Phi) is 4.27. The van der Waals surface area contributed by atoms with Crippen LogP contribution in [0.5, 0.6) is 0 Å². The molecule has 0 aliphatic carbocycles. The minimum absolute atomic E-state index is 0.196. The lowest BCUT2D eigenvalue weighted by Crippen LogP contribution is -2.15. The highest BCUT2D eigenvalue weighted by Crippen LogP contribution is 2.28. The van der Waals surface area contributed by atoms with Crippen LogP contribution < -0.4 is 5.32 Å². The summed E-state index contributed by atoms with van der Waals surface area (Å²) in [6, 6.07) is 11.7. The van der Waals surface area contributed by atoms with E-state index in [0.29, 0.717) is 5.52 Å². The molecular weight excluding hydrogens is 337 g/mol. The molecule has 4 heteroatoms. The lowest BCUT2D eigenvalue weighted by Gasteiger charge is -2.10. The van der Waals surface area contributed by atoms with Gasteiger partial charge in [0.1, 0.15) is 5.82 Å². The Hall–Kier alpha value is -3.01. The molecule has 0 atom stereocenters. The van der Waals surface area contributed by atoms with Crippen molar-refractivity contribution in [1.82, 2.24) is 14.9 Å². The molecule has 2 heterocycles. The summed E-state index contributed by atoms with van der Waals surface area (Å²) >= 11 is 0. The number of aromatic nitrogens is 2. The van der Waals surface area contributed by atoms with E-state index < -0.39 is 0 Å². The SMILES string of the molecule is C=C(NCCc1c(C)[nH]c2c(F)ccc(C)c12)c1cn(C)c2ccccc12. The number of rotatable bonds is 5. The highest BCUT2D eigenvalue weighted by molar-refractivity contribution is 5.92. The van der Waals surface area contributed by atoms with Gasteiger partial charge in [-0.2, -0.15) is 0 Å². The topological polar surface area (TPSA) is 32.8 Å². The van der Waals surface area contributed by atoms with E-state index in [1.165, 1.54) is 22.5 Å². The van der Waals surface area contributed by atoms with Crippen LogP contribution in [0.3, 0.4) is 0 Å². The minimum Gasteiger partial charge on any atom is -0.385 e. The summed E-state index contributed by atoms with van der Waals surface area (Å²) in [5.74, 6) is -0.196. The summed E-state index contributed by atoms with van der Waals surface area (Å²) in [4.78, 5) is 3.20. The standard InChI is InChI=1S/C23H24FN3/c1-14-9-10-20(24)23-22(14)17(16(3)26-23)11-12-25-15(2)19-13-27(4)21-8-6-5-7-18(19)21/h5-10,13,25-26H,2,11-12H2,1,3-4H3. The van der Waals surface area contributed by atoms with E-state index in [1.807, 2.05) is 39.1 Å². The number of nitrogens with one attached hydrogen (secondary N) is 2. The van der Waals surface area contributed by atoms with Crippen LogP contribution in [0, 0.1) is 19.7 Å². The number of benzene rings is 2. The molecule has 0 saturated carbocycles. The normalized spacial score (nSPS) is 11.4. The smallest absolute Gasteiger partial charge is 0.147 e. The first-order valence-corrected chi connectivity index (χ1v) is 9.21. The second-order valence-electron chi connectivity index (χ2n) is 7.17. The Morgan fingerprint density at radius 2 is 1.96 bits per heavy atom. The van der Waals surface area contributed by atoms with E-state index in [0.717, 1.165) is 40.9 Å². The summed E-state index contributed by atoms with van der Waals surface area (Å²) in [5.41, 5.74) is 7.11. The van der Waals surface area contributed by atoms with E-state index in [9.17, 15) is 4.39 Å². The second kappa shape index (κ2) is 6.62. The Morgan fingerprint density at radius 1 is 1.19 bits per heavy atom. The van der Waals surface area contributed by atoms with Gasteiger partial charge in [-0.1, -0.05) is 30.8 Å². The van der Waals surface area contributed by atoms with Gasteiger partial charge in [-0.25, -0.2) is 4.39 Å². The third-order valence-corrected chi connectivity index (χ3v) is 5.37. The highest BCUT2D eigenvalue weighted by atomic mass is 19.1. The predicted octanol–water partition coefficient (Wildman–Crippen LogP) is 5.22. The van der Waals surface area contributed by atoms with Crippen molar-refractivity contribution in [3.8, 4) is 0 Å². The molecule has 0 aliphatic rings. The van der Waals surface area contributed by atoms with E-state index in [1.54, 1.807) is 0 Å². The molecule has 0 saturated heterocycles. The van der Waals surface area contributed by atoms with Gasteiger partial charge in [0.25, 0.3) is 0 Å². The fourth-order valence-corrected chi connectivity index (χ4v) is 3.97. The number of hydrogen-bond acceptors (Lipinski definition) is 1. The minimum atomic E-state index is -0.196. The van der Waals surface area contributed by atoms with Gasteiger partial charge in [0, 0.05) is 53.0 Å². The maximum atomic E-state index is 14.1. The monoisotopic (exact) mass is 361 g/mol. The van der Waals surface area contributed by atoms with E-state index in [-0.39, 0.29) is 5.82 Å². The van der Waals surface area contributed by atoms with Crippen molar-refractivity contribution < 1.29 is 4.39 Å². The molecular formula is C23H24FN3. The van der Waals surface area contributed by atoms with Crippen molar-refractivity contribution in [3.63, 3.8) is 0 Å². The van der Waals surface area contributed by atoms with E-state index in [4.69, 9.17) is 0 Å². The Balaban J connectivity index is 1.55. The lowest BCUT2D eigenvalue weighted by molar-refractivity contribution is 0.637. The van der Waals surface area contributed by atoms with Crippen LogP contribution in [0.2, 0.25) is 0 Å². The fourth-order valence-electron chi connectivity index (χ4n) is 3.97. The zero-order valence-electron chi connectivity index (χ0n) is 16.0. The van der Waals surface area contributed by atoms with Crippen LogP contribution >= 0.6 is 0 Å². The van der Waals surface area contributed by atoms with Crippen molar-refractivity contribution in [2.24, 2.45) is 7.05 Å². The average molecular weight is 361 g/mol. The molecule has 138 valence electrons. The van der Waals surface area contributed by atoms with Crippen molar-refractivity contribution in [1.29, 1.82) is 0 Å². The van der Waals surface area contributed by atoms with Gasteiger partial charge in [0.15, 0.2) is 0 Å². The highest BCUT2D eigenvalue weighted by Gasteiger charge is 2.14. The Morgan fingerprint density at radius 3 is 2.78 bits per heavy atom. The van der Waals surface area contributed by atoms with Crippen molar-refractivity contribution in [2.75, 3.05) is 6.54 Å². The van der Waals surface area contributed by atoms with Crippen molar-refractivity contribution in [2.45, 2.75) is 20.3 Å². The van der Waals surface area contributed by atoms with E-state index in [2.05, 4.69) is 39.8 Å².